The Hall–Kier alpha value is -0.120. The molecule has 0 amide bonds. The van der Waals surface area contributed by atoms with Crippen molar-refractivity contribution in [2.45, 2.75) is 38.1 Å². The minimum absolute atomic E-state index is 0.476. The van der Waals surface area contributed by atoms with E-state index in [-0.39, 0.29) is 0 Å². The summed E-state index contributed by atoms with van der Waals surface area (Å²) in [5.74, 6) is 1.63. The van der Waals surface area contributed by atoms with Gasteiger partial charge in [0.15, 0.2) is 0 Å². The molecule has 1 saturated heterocycles. The minimum atomic E-state index is 0.476. The fourth-order valence-corrected chi connectivity index (χ4v) is 2.63. The molecule has 1 aliphatic heterocycles. The maximum absolute atomic E-state index is 5.89. The van der Waals surface area contributed by atoms with Gasteiger partial charge in [0.05, 0.1) is 6.61 Å². The molecule has 1 unspecified atom stereocenters. The molecule has 1 heterocycles. The van der Waals surface area contributed by atoms with Gasteiger partial charge in [-0.1, -0.05) is 0 Å². The Kier molecular flexibility index (Phi) is 4.42. The average Bonchev–Trinajstić information content (AvgIpc) is 2.74. The van der Waals surface area contributed by atoms with E-state index in [0.29, 0.717) is 6.04 Å². The highest BCUT2D eigenvalue weighted by Crippen LogP contribution is 2.22. The Morgan fingerprint density at radius 2 is 1.73 bits per heavy atom. The maximum Gasteiger partial charge on any atom is 0.0507 e. The zero-order chi connectivity index (χ0) is 10.5. The first-order chi connectivity index (χ1) is 7.34. The van der Waals surface area contributed by atoms with Crippen LogP contribution in [0.25, 0.3) is 0 Å². The molecule has 3 N–H and O–H groups in total. The molecular weight excluding hydrogens is 188 g/mol. The maximum atomic E-state index is 5.89. The topological polar surface area (TPSA) is 47.3 Å². The Balaban J connectivity index is 1.53. The minimum Gasteiger partial charge on any atom is -0.381 e. The van der Waals surface area contributed by atoms with Crippen LogP contribution >= 0.6 is 0 Å². The van der Waals surface area contributed by atoms with E-state index in [0.717, 1.165) is 31.6 Å². The van der Waals surface area contributed by atoms with Gasteiger partial charge >= 0.3 is 0 Å². The van der Waals surface area contributed by atoms with E-state index in [1.165, 1.54) is 38.6 Å². The van der Waals surface area contributed by atoms with Gasteiger partial charge in [0, 0.05) is 19.2 Å². The number of ether oxygens (including phenoxy) is 1. The van der Waals surface area contributed by atoms with Crippen LogP contribution in [0.2, 0.25) is 0 Å². The third kappa shape index (κ3) is 3.74. The standard InChI is InChI=1S/C12H24N2O/c13-12-3-1-10(2-4-12)7-14-8-11-5-6-15-9-11/h10-12,14H,1-9,13H2. The molecule has 1 aliphatic carbocycles. The van der Waals surface area contributed by atoms with Crippen LogP contribution in [0.4, 0.5) is 0 Å². The van der Waals surface area contributed by atoms with Crippen LogP contribution in [0.1, 0.15) is 32.1 Å². The molecule has 3 heteroatoms. The first-order valence-electron chi connectivity index (χ1n) is 6.38. The Morgan fingerprint density at radius 3 is 2.40 bits per heavy atom. The third-order valence-corrected chi connectivity index (χ3v) is 3.78. The van der Waals surface area contributed by atoms with Gasteiger partial charge in [0.25, 0.3) is 0 Å². The van der Waals surface area contributed by atoms with Crippen LogP contribution in [-0.2, 0) is 4.74 Å². The predicted molar refractivity (Wildman–Crippen MR) is 61.7 cm³/mol. The molecule has 2 rings (SSSR count). The van der Waals surface area contributed by atoms with Crippen LogP contribution < -0.4 is 11.1 Å². The normalized spacial score (nSPS) is 37.0. The summed E-state index contributed by atoms with van der Waals surface area (Å²) in [5, 5.41) is 3.59. The first kappa shape index (κ1) is 11.4. The van der Waals surface area contributed by atoms with Crippen molar-refractivity contribution in [2.24, 2.45) is 17.6 Å². The second-order valence-corrected chi connectivity index (χ2v) is 5.17. The smallest absolute Gasteiger partial charge is 0.0507 e. The molecule has 0 aromatic heterocycles. The molecular formula is C12H24N2O. The lowest BCUT2D eigenvalue weighted by Gasteiger charge is -2.26. The first-order valence-corrected chi connectivity index (χ1v) is 6.38. The van der Waals surface area contributed by atoms with Gasteiger partial charge in [-0.3, -0.25) is 0 Å². The van der Waals surface area contributed by atoms with Gasteiger partial charge in [-0.05, 0) is 50.5 Å². The number of hydrogen-bond donors (Lipinski definition) is 2. The van der Waals surface area contributed by atoms with Crippen LogP contribution in [0, 0.1) is 11.8 Å². The van der Waals surface area contributed by atoms with E-state index in [2.05, 4.69) is 5.32 Å². The van der Waals surface area contributed by atoms with Crippen LogP contribution in [-0.4, -0.2) is 32.3 Å². The summed E-state index contributed by atoms with van der Waals surface area (Å²) in [4.78, 5) is 0. The van der Waals surface area contributed by atoms with Crippen molar-refractivity contribution in [1.29, 1.82) is 0 Å². The lowest BCUT2D eigenvalue weighted by Crippen LogP contribution is -2.33. The zero-order valence-corrected chi connectivity index (χ0v) is 9.58. The SMILES string of the molecule is NC1CCC(CNCC2CCOC2)CC1. The Labute approximate surface area is 92.7 Å². The monoisotopic (exact) mass is 212 g/mol. The van der Waals surface area contributed by atoms with Crippen molar-refractivity contribution in [1.82, 2.24) is 5.32 Å². The average molecular weight is 212 g/mol. The van der Waals surface area contributed by atoms with E-state index in [4.69, 9.17) is 10.5 Å². The summed E-state index contributed by atoms with van der Waals surface area (Å²) < 4.78 is 5.36. The van der Waals surface area contributed by atoms with Gasteiger partial charge in [0.2, 0.25) is 0 Å². The molecule has 88 valence electrons. The van der Waals surface area contributed by atoms with Gasteiger partial charge in [-0.2, -0.15) is 0 Å². The summed E-state index contributed by atoms with van der Waals surface area (Å²) in [5.41, 5.74) is 5.89. The third-order valence-electron chi connectivity index (χ3n) is 3.78. The van der Waals surface area contributed by atoms with Crippen molar-refractivity contribution < 1.29 is 4.74 Å². The second-order valence-electron chi connectivity index (χ2n) is 5.17. The van der Waals surface area contributed by atoms with Crippen molar-refractivity contribution in [3.05, 3.63) is 0 Å². The van der Waals surface area contributed by atoms with E-state index in [9.17, 15) is 0 Å². The van der Waals surface area contributed by atoms with Crippen LogP contribution in [0.5, 0.6) is 0 Å². The number of nitrogens with one attached hydrogen (secondary N) is 1. The highest BCUT2D eigenvalue weighted by molar-refractivity contribution is 4.76. The molecule has 15 heavy (non-hydrogen) atoms. The second kappa shape index (κ2) is 5.83. The lowest BCUT2D eigenvalue weighted by molar-refractivity contribution is 0.184. The summed E-state index contributed by atoms with van der Waals surface area (Å²) in [6, 6.07) is 0.476. The van der Waals surface area contributed by atoms with E-state index >= 15 is 0 Å². The Bertz CT molecular complexity index is 172. The molecule has 1 saturated carbocycles. The molecule has 0 bridgehead atoms. The molecule has 2 fully saturated rings. The lowest BCUT2D eigenvalue weighted by atomic mass is 9.86. The largest absolute Gasteiger partial charge is 0.381 e. The Morgan fingerprint density at radius 1 is 1.00 bits per heavy atom. The van der Waals surface area contributed by atoms with Gasteiger partial charge in [-0.25, -0.2) is 0 Å². The molecule has 0 aromatic rings. The number of rotatable bonds is 4. The fourth-order valence-electron chi connectivity index (χ4n) is 2.63. The molecule has 0 spiro atoms. The summed E-state index contributed by atoms with van der Waals surface area (Å²) in [6.45, 7) is 4.25. The quantitative estimate of drug-likeness (QED) is 0.734. The van der Waals surface area contributed by atoms with Crippen molar-refractivity contribution in [3.63, 3.8) is 0 Å². The number of nitrogens with two attached hydrogens (primary N) is 1. The predicted octanol–water partition coefficient (Wildman–Crippen LogP) is 1.13. The summed E-state index contributed by atoms with van der Waals surface area (Å²) in [7, 11) is 0. The van der Waals surface area contributed by atoms with Crippen LogP contribution in [0.3, 0.4) is 0 Å². The number of hydrogen-bond acceptors (Lipinski definition) is 3. The van der Waals surface area contributed by atoms with Crippen molar-refractivity contribution in [2.75, 3.05) is 26.3 Å². The molecule has 3 nitrogen and oxygen atoms in total. The highest BCUT2D eigenvalue weighted by atomic mass is 16.5. The highest BCUT2D eigenvalue weighted by Gasteiger charge is 2.19. The summed E-state index contributed by atoms with van der Waals surface area (Å²) >= 11 is 0. The van der Waals surface area contributed by atoms with Crippen molar-refractivity contribution in [3.8, 4) is 0 Å². The van der Waals surface area contributed by atoms with Crippen LogP contribution in [0.15, 0.2) is 0 Å². The van der Waals surface area contributed by atoms with Crippen molar-refractivity contribution >= 4 is 0 Å². The molecule has 2 aliphatic rings. The van der Waals surface area contributed by atoms with E-state index < -0.39 is 0 Å². The fraction of sp³-hybridized carbons (Fsp3) is 1.00. The van der Waals surface area contributed by atoms with Gasteiger partial charge < -0.3 is 15.8 Å². The van der Waals surface area contributed by atoms with Gasteiger partial charge in [-0.15, -0.1) is 0 Å². The molecule has 0 aromatic carbocycles. The van der Waals surface area contributed by atoms with Gasteiger partial charge in [0.1, 0.15) is 0 Å². The van der Waals surface area contributed by atoms with E-state index in [1.807, 2.05) is 0 Å². The van der Waals surface area contributed by atoms with E-state index in [1.54, 1.807) is 0 Å². The zero-order valence-electron chi connectivity index (χ0n) is 9.58. The molecule has 0 radical (unpaired) electrons. The molecule has 1 atom stereocenters. The summed E-state index contributed by atoms with van der Waals surface area (Å²) in [6.07, 6.45) is 6.31.